The van der Waals surface area contributed by atoms with Crippen LogP contribution in [0, 0.1) is 46.3 Å². The molecule has 1 heterocycles. The van der Waals surface area contributed by atoms with E-state index in [1.54, 1.807) is 24.5 Å². The van der Waals surface area contributed by atoms with Gasteiger partial charge >= 0.3 is 6.16 Å². The first-order valence-corrected chi connectivity index (χ1v) is 18.7. The van der Waals surface area contributed by atoms with Gasteiger partial charge in [-0.05, 0) is 128 Å². The molecular weight excluding hydrogens is 598 g/mol. The minimum Gasteiger partial charge on any atom is -0.490 e. The van der Waals surface area contributed by atoms with Crippen LogP contribution in [0.5, 0.6) is 5.75 Å². The van der Waals surface area contributed by atoms with Crippen molar-refractivity contribution in [3.8, 4) is 5.75 Å². The highest BCUT2D eigenvalue weighted by Crippen LogP contribution is 2.67. The second-order valence-corrected chi connectivity index (χ2v) is 16.1. The van der Waals surface area contributed by atoms with Gasteiger partial charge in [-0.15, -0.1) is 0 Å². The summed E-state index contributed by atoms with van der Waals surface area (Å²) in [6.07, 6.45) is 19.0. The Kier molecular flexibility index (Phi) is 10.9. The molecule has 0 unspecified atom stereocenters. The molecule has 7 nitrogen and oxygen atoms in total. The molecule has 0 radical (unpaired) electrons. The summed E-state index contributed by atoms with van der Waals surface area (Å²) < 4.78 is 17.0. The Morgan fingerprint density at radius 3 is 2.40 bits per heavy atom. The van der Waals surface area contributed by atoms with E-state index in [1.807, 2.05) is 24.3 Å². The average molecular weight is 656 g/mol. The third-order valence-corrected chi connectivity index (χ3v) is 12.9. The van der Waals surface area contributed by atoms with E-state index < -0.39 is 6.16 Å². The quantitative estimate of drug-likeness (QED) is 0.0983. The molecule has 0 N–H and O–H groups in total. The molecule has 8 atom stereocenters. The molecule has 260 valence electrons. The minimum atomic E-state index is -0.596. The van der Waals surface area contributed by atoms with Crippen LogP contribution in [0.1, 0.15) is 105 Å². The van der Waals surface area contributed by atoms with Crippen LogP contribution in [-0.4, -0.2) is 30.5 Å². The molecule has 0 spiro atoms. The lowest BCUT2D eigenvalue weighted by atomic mass is 9.47. The summed E-state index contributed by atoms with van der Waals surface area (Å²) in [6.45, 7) is 12.9. The maximum atomic E-state index is 12.6. The monoisotopic (exact) mass is 655 g/mol. The van der Waals surface area contributed by atoms with Crippen molar-refractivity contribution in [3.05, 3.63) is 60.4 Å². The highest BCUT2D eigenvalue weighted by Gasteiger charge is 2.59. The van der Waals surface area contributed by atoms with Gasteiger partial charge in [0.25, 0.3) is 0 Å². The number of aromatic nitrogens is 1. The van der Waals surface area contributed by atoms with Crippen molar-refractivity contribution < 1.29 is 19.0 Å². The molecular formula is C41H57N3O4. The van der Waals surface area contributed by atoms with E-state index in [4.69, 9.17) is 14.2 Å². The smallest absolute Gasteiger partial charge is 0.490 e. The molecule has 48 heavy (non-hydrogen) atoms. The van der Waals surface area contributed by atoms with Gasteiger partial charge in [0.1, 0.15) is 25.1 Å². The van der Waals surface area contributed by atoms with Gasteiger partial charge in [-0.3, -0.25) is 4.98 Å². The van der Waals surface area contributed by atoms with Crippen LogP contribution in [-0.2, 0) is 9.47 Å². The molecule has 2 aromatic rings. The van der Waals surface area contributed by atoms with Gasteiger partial charge in [-0.1, -0.05) is 65.5 Å². The molecule has 3 saturated carbocycles. The summed E-state index contributed by atoms with van der Waals surface area (Å²) in [6, 6.07) is 10.9. The number of pyridine rings is 1. The van der Waals surface area contributed by atoms with Crippen LogP contribution in [0.15, 0.2) is 70.7 Å². The van der Waals surface area contributed by atoms with Crippen molar-refractivity contribution in [1.29, 1.82) is 0 Å². The van der Waals surface area contributed by atoms with Gasteiger partial charge in [0.2, 0.25) is 0 Å². The number of ether oxygens (including phenoxy) is 3. The minimum absolute atomic E-state index is 0.112. The largest absolute Gasteiger partial charge is 0.508 e. The third-order valence-electron chi connectivity index (χ3n) is 12.9. The summed E-state index contributed by atoms with van der Waals surface area (Å²) in [5, 5.41) is 8.42. The van der Waals surface area contributed by atoms with Crippen LogP contribution in [0.2, 0.25) is 0 Å². The van der Waals surface area contributed by atoms with Gasteiger partial charge in [0, 0.05) is 18.8 Å². The molecule has 7 heteroatoms. The first-order chi connectivity index (χ1) is 23.2. The maximum Gasteiger partial charge on any atom is 0.508 e. The summed E-state index contributed by atoms with van der Waals surface area (Å²) in [4.78, 5) is 16.6. The Bertz CT molecular complexity index is 1420. The Morgan fingerprint density at radius 2 is 1.65 bits per heavy atom. The van der Waals surface area contributed by atoms with Crippen LogP contribution in [0.25, 0.3) is 0 Å². The zero-order valence-corrected chi connectivity index (χ0v) is 29.9. The van der Waals surface area contributed by atoms with E-state index in [-0.39, 0.29) is 24.7 Å². The molecule has 6 rings (SSSR count). The van der Waals surface area contributed by atoms with Gasteiger partial charge < -0.3 is 14.2 Å². The summed E-state index contributed by atoms with van der Waals surface area (Å²) in [7, 11) is 0. The molecule has 0 saturated heterocycles. The van der Waals surface area contributed by atoms with Crippen molar-refractivity contribution in [2.75, 3.05) is 13.2 Å². The van der Waals surface area contributed by atoms with Crippen LogP contribution >= 0.6 is 0 Å². The molecule has 4 aliphatic carbocycles. The van der Waals surface area contributed by atoms with E-state index >= 15 is 0 Å². The molecule has 1 aromatic carbocycles. The highest BCUT2D eigenvalue weighted by molar-refractivity contribution is 5.60. The van der Waals surface area contributed by atoms with Gasteiger partial charge in [-0.25, -0.2) is 4.79 Å². The van der Waals surface area contributed by atoms with Crippen molar-refractivity contribution in [1.82, 2.24) is 4.98 Å². The lowest BCUT2D eigenvalue weighted by Crippen LogP contribution is -2.51. The first kappa shape index (κ1) is 34.6. The molecule has 0 bridgehead atoms. The van der Waals surface area contributed by atoms with Gasteiger partial charge in [0.15, 0.2) is 0 Å². The Morgan fingerprint density at radius 1 is 0.896 bits per heavy atom. The fraction of sp³-hybridized carbons (Fsp3) is 0.659. The maximum absolute atomic E-state index is 12.6. The molecule has 0 aliphatic heterocycles. The Hall–Kier alpha value is -3.22. The molecule has 3 fully saturated rings. The summed E-state index contributed by atoms with van der Waals surface area (Å²) in [5.74, 6) is 5.64. The van der Waals surface area contributed by atoms with E-state index in [0.29, 0.717) is 11.2 Å². The van der Waals surface area contributed by atoms with Crippen LogP contribution in [0.4, 0.5) is 16.2 Å². The van der Waals surface area contributed by atoms with Crippen molar-refractivity contribution in [2.24, 2.45) is 56.6 Å². The standard InChI is InChI=1S/C41H57N3O4/c1-28(2)7-6-8-29(3)36-15-16-37-35-14-9-30-27-34(17-21-40(30,4)38(35)18-22-41(36,37)5)48-39(45)47-26-25-46-33-12-10-31(11-13-33)43-44-32-19-23-42-24-20-32/h9-13,19-20,23-24,28-29,34-38H,6-8,14-18,21-22,25-27H2,1-5H3/t29-,34+,35+,36-,37+,38+,40+,41-/m1/s1. The second-order valence-electron chi connectivity index (χ2n) is 16.1. The Balaban J connectivity index is 0.947. The first-order valence-electron chi connectivity index (χ1n) is 18.7. The molecule has 1 aromatic heterocycles. The van der Waals surface area contributed by atoms with E-state index in [1.165, 1.54) is 56.9 Å². The number of nitrogens with zero attached hydrogens (tertiary/aromatic N) is 3. The topological polar surface area (TPSA) is 82.4 Å². The van der Waals surface area contributed by atoms with E-state index in [2.05, 4.69) is 55.9 Å². The number of fused-ring (bicyclic) bond motifs is 5. The van der Waals surface area contributed by atoms with E-state index in [0.717, 1.165) is 66.1 Å². The summed E-state index contributed by atoms with van der Waals surface area (Å²) >= 11 is 0. The van der Waals surface area contributed by atoms with Crippen molar-refractivity contribution in [2.45, 2.75) is 111 Å². The average Bonchev–Trinajstić information content (AvgIpc) is 3.44. The van der Waals surface area contributed by atoms with E-state index in [9.17, 15) is 4.79 Å². The number of azo groups is 1. The number of carbonyl (C=O) groups excluding carboxylic acids is 1. The van der Waals surface area contributed by atoms with Gasteiger partial charge in [0.05, 0.1) is 11.4 Å². The second kappa shape index (κ2) is 15.1. The predicted octanol–water partition coefficient (Wildman–Crippen LogP) is 11.4. The fourth-order valence-electron chi connectivity index (χ4n) is 10.3. The number of rotatable bonds is 12. The Labute approximate surface area is 288 Å². The zero-order valence-electron chi connectivity index (χ0n) is 29.9. The fourth-order valence-corrected chi connectivity index (χ4v) is 10.3. The number of allylic oxidation sites excluding steroid dienone is 1. The highest BCUT2D eigenvalue weighted by atomic mass is 16.7. The van der Waals surface area contributed by atoms with Crippen LogP contribution < -0.4 is 4.74 Å². The normalized spacial score (nSPS) is 31.8. The van der Waals surface area contributed by atoms with Gasteiger partial charge in [-0.2, -0.15) is 10.2 Å². The number of carbonyl (C=O) groups is 1. The van der Waals surface area contributed by atoms with Crippen molar-refractivity contribution >= 4 is 17.5 Å². The third kappa shape index (κ3) is 7.65. The lowest BCUT2D eigenvalue weighted by Gasteiger charge is -2.58. The SMILES string of the molecule is CC(C)CCC[C@@H](C)[C@H]1CC[C@H]2[C@@H]3CC=C4C[C@@H](OC(=O)OCCOc5ccc(N=Nc6ccncc6)cc5)CC[C@]4(C)[C@H]3CC[C@]12C. The van der Waals surface area contributed by atoms with Crippen LogP contribution in [0.3, 0.4) is 0 Å². The lowest BCUT2D eigenvalue weighted by molar-refractivity contribution is -0.0619. The molecule has 0 amide bonds. The number of hydrogen-bond donors (Lipinski definition) is 0. The summed E-state index contributed by atoms with van der Waals surface area (Å²) in [5.41, 5.74) is 3.73. The molecule has 4 aliphatic rings. The predicted molar refractivity (Wildman–Crippen MR) is 190 cm³/mol. The number of hydrogen-bond acceptors (Lipinski definition) is 7. The zero-order chi connectivity index (χ0) is 33.7. The number of benzene rings is 1. The van der Waals surface area contributed by atoms with Crippen molar-refractivity contribution in [3.63, 3.8) is 0 Å².